The van der Waals surface area contributed by atoms with Crippen LogP contribution in [-0.4, -0.2) is 10.2 Å². The fourth-order valence-electron chi connectivity index (χ4n) is 5.16. The van der Waals surface area contributed by atoms with E-state index < -0.39 is 0 Å². The number of hydrogen-bond acceptors (Lipinski definition) is 2. The zero-order valence-corrected chi connectivity index (χ0v) is 13.3. The topological polar surface area (TPSA) is 40.5 Å². The van der Waals surface area contributed by atoms with Crippen molar-refractivity contribution in [2.75, 3.05) is 0 Å². The van der Waals surface area contributed by atoms with Crippen LogP contribution in [0.2, 0.25) is 0 Å². The number of benzene rings is 2. The lowest BCUT2D eigenvalue weighted by Crippen LogP contribution is -2.26. The van der Waals surface area contributed by atoms with E-state index in [1.54, 1.807) is 0 Å². The van der Waals surface area contributed by atoms with Crippen molar-refractivity contribution in [3.05, 3.63) is 69.3 Å². The fraction of sp³-hybridized carbons (Fsp3) is 0.429. The lowest BCUT2D eigenvalue weighted by atomic mass is 9.79. The number of rotatable bonds is 1. The molecule has 2 heteroatoms. The van der Waals surface area contributed by atoms with E-state index in [2.05, 4.69) is 24.3 Å². The third kappa shape index (κ3) is 1.88. The largest absolute Gasteiger partial charge is 0.392 e. The Morgan fingerprint density at radius 1 is 0.870 bits per heavy atom. The first-order chi connectivity index (χ1) is 11.2. The van der Waals surface area contributed by atoms with Crippen molar-refractivity contribution in [1.29, 1.82) is 0 Å². The molecule has 2 aromatic carbocycles. The van der Waals surface area contributed by atoms with Crippen molar-refractivity contribution in [3.8, 4) is 0 Å². The Balaban J connectivity index is 1.54. The number of aliphatic hydroxyl groups excluding tert-OH is 2. The van der Waals surface area contributed by atoms with Crippen molar-refractivity contribution in [1.82, 2.24) is 0 Å². The Hall–Kier alpha value is -1.64. The molecule has 0 bridgehead atoms. The molecule has 2 aromatic rings. The molecule has 0 aromatic heterocycles. The van der Waals surface area contributed by atoms with Gasteiger partial charge in [-0.05, 0) is 77.5 Å². The smallest absolute Gasteiger partial charge is 0.0858 e. The summed E-state index contributed by atoms with van der Waals surface area (Å²) in [6.07, 6.45) is 6.14. The van der Waals surface area contributed by atoms with Crippen LogP contribution in [0.25, 0.3) is 0 Å². The highest BCUT2D eigenvalue weighted by atomic mass is 16.3. The van der Waals surface area contributed by atoms with Gasteiger partial charge in [-0.25, -0.2) is 0 Å². The molecular weight excluding hydrogens is 284 g/mol. The van der Waals surface area contributed by atoms with Crippen LogP contribution < -0.4 is 0 Å². The first-order valence-corrected chi connectivity index (χ1v) is 8.73. The van der Waals surface area contributed by atoms with Gasteiger partial charge in [-0.3, -0.25) is 0 Å². The molecule has 0 heterocycles. The zero-order valence-electron chi connectivity index (χ0n) is 13.3. The molecule has 5 rings (SSSR count). The maximum absolute atomic E-state index is 11.1. The van der Waals surface area contributed by atoms with Crippen LogP contribution in [0.4, 0.5) is 0 Å². The van der Waals surface area contributed by atoms with Gasteiger partial charge in [0, 0.05) is 5.41 Å². The van der Waals surface area contributed by atoms with E-state index in [9.17, 15) is 10.2 Å². The molecule has 0 aliphatic heterocycles. The Morgan fingerprint density at radius 3 is 2.43 bits per heavy atom. The van der Waals surface area contributed by atoms with E-state index in [4.69, 9.17) is 0 Å². The van der Waals surface area contributed by atoms with Crippen LogP contribution in [0, 0.1) is 5.41 Å². The SMILES string of the molecule is OCc1ccc2c(c1)C[C@@]1(C2)Cc2cc3c(cc2[C@H]1O)CCC3. The molecule has 1 spiro atoms. The van der Waals surface area contributed by atoms with Crippen molar-refractivity contribution in [2.45, 2.75) is 51.2 Å². The summed E-state index contributed by atoms with van der Waals surface area (Å²) in [5.74, 6) is 0. The average Bonchev–Trinajstić information content (AvgIpc) is 3.22. The third-order valence-electron chi connectivity index (χ3n) is 6.31. The number of aryl methyl sites for hydroxylation is 2. The Labute approximate surface area is 136 Å². The second-order valence-corrected chi connectivity index (χ2v) is 7.73. The summed E-state index contributed by atoms with van der Waals surface area (Å²) in [5.41, 5.74) is 9.09. The molecule has 0 fully saturated rings. The third-order valence-corrected chi connectivity index (χ3v) is 6.31. The normalized spacial score (nSPS) is 27.3. The number of hydrogen-bond donors (Lipinski definition) is 2. The Bertz CT molecular complexity index is 808. The summed E-state index contributed by atoms with van der Waals surface area (Å²) < 4.78 is 0. The van der Waals surface area contributed by atoms with Crippen LogP contribution in [0.15, 0.2) is 30.3 Å². The summed E-state index contributed by atoms with van der Waals surface area (Å²) in [7, 11) is 0. The van der Waals surface area contributed by atoms with Crippen molar-refractivity contribution in [3.63, 3.8) is 0 Å². The van der Waals surface area contributed by atoms with Crippen molar-refractivity contribution >= 4 is 0 Å². The van der Waals surface area contributed by atoms with Gasteiger partial charge in [-0.2, -0.15) is 0 Å². The summed E-state index contributed by atoms with van der Waals surface area (Å²) in [4.78, 5) is 0. The van der Waals surface area contributed by atoms with Gasteiger partial charge in [-0.1, -0.05) is 30.3 Å². The maximum Gasteiger partial charge on any atom is 0.0858 e. The highest BCUT2D eigenvalue weighted by Gasteiger charge is 2.49. The minimum atomic E-state index is -0.353. The summed E-state index contributed by atoms with van der Waals surface area (Å²) in [6, 6.07) is 10.9. The highest BCUT2D eigenvalue weighted by Crippen LogP contribution is 2.54. The average molecular weight is 306 g/mol. The molecule has 2 N–H and O–H groups in total. The lowest BCUT2D eigenvalue weighted by Gasteiger charge is -2.27. The number of aliphatic hydroxyl groups is 2. The van der Waals surface area contributed by atoms with Crippen LogP contribution in [0.3, 0.4) is 0 Å². The summed E-state index contributed by atoms with van der Waals surface area (Å²) in [5, 5.41) is 20.5. The maximum atomic E-state index is 11.1. The van der Waals surface area contributed by atoms with Crippen molar-refractivity contribution < 1.29 is 10.2 Å². The van der Waals surface area contributed by atoms with Gasteiger partial charge < -0.3 is 10.2 Å². The molecular formula is C21H22O2. The predicted octanol–water partition coefficient (Wildman–Crippen LogP) is 3.04. The first kappa shape index (κ1) is 13.8. The molecule has 0 unspecified atom stereocenters. The van der Waals surface area contributed by atoms with Gasteiger partial charge >= 0.3 is 0 Å². The molecule has 2 nitrogen and oxygen atoms in total. The quantitative estimate of drug-likeness (QED) is 0.850. The molecule has 0 radical (unpaired) electrons. The fourth-order valence-corrected chi connectivity index (χ4v) is 5.16. The zero-order chi connectivity index (χ0) is 15.6. The van der Waals surface area contributed by atoms with Gasteiger partial charge in [0.25, 0.3) is 0 Å². The Kier molecular flexibility index (Phi) is 2.80. The second-order valence-electron chi connectivity index (χ2n) is 7.73. The minimum absolute atomic E-state index is 0.0617. The van der Waals surface area contributed by atoms with E-state index in [0.717, 1.165) is 24.8 Å². The van der Waals surface area contributed by atoms with E-state index >= 15 is 0 Å². The Morgan fingerprint density at radius 2 is 1.61 bits per heavy atom. The molecule has 2 atom stereocenters. The van der Waals surface area contributed by atoms with E-state index in [1.165, 1.54) is 52.6 Å². The molecule has 3 aliphatic rings. The molecule has 0 amide bonds. The van der Waals surface area contributed by atoms with Gasteiger partial charge in [0.2, 0.25) is 0 Å². The van der Waals surface area contributed by atoms with E-state index in [0.29, 0.717) is 0 Å². The van der Waals surface area contributed by atoms with E-state index in [-0.39, 0.29) is 18.1 Å². The highest BCUT2D eigenvalue weighted by molar-refractivity contribution is 5.49. The van der Waals surface area contributed by atoms with Gasteiger partial charge in [-0.15, -0.1) is 0 Å². The van der Waals surface area contributed by atoms with Crippen LogP contribution >= 0.6 is 0 Å². The molecule has 0 saturated carbocycles. The standard InChI is InChI=1S/C21H22O2/c22-12-13-4-5-16-9-21(10-17(16)6-13)11-18-7-14-2-1-3-15(14)8-19(18)20(21)23/h4-8,20,22-23H,1-3,9-12H2/t20-,21+/m1/s1. The molecule has 3 aliphatic carbocycles. The predicted molar refractivity (Wildman–Crippen MR) is 89.3 cm³/mol. The monoisotopic (exact) mass is 306 g/mol. The van der Waals surface area contributed by atoms with Gasteiger partial charge in [0.1, 0.15) is 0 Å². The number of fused-ring (bicyclic) bond motifs is 3. The molecule has 23 heavy (non-hydrogen) atoms. The van der Waals surface area contributed by atoms with Crippen LogP contribution in [0.5, 0.6) is 0 Å². The van der Waals surface area contributed by atoms with Crippen LogP contribution in [-0.2, 0) is 38.7 Å². The van der Waals surface area contributed by atoms with Crippen molar-refractivity contribution in [2.24, 2.45) is 5.41 Å². The lowest BCUT2D eigenvalue weighted by molar-refractivity contribution is 0.0464. The summed E-state index contributed by atoms with van der Waals surface area (Å²) in [6.45, 7) is 0.0930. The van der Waals surface area contributed by atoms with Crippen LogP contribution in [0.1, 0.15) is 51.5 Å². The van der Waals surface area contributed by atoms with E-state index in [1.807, 2.05) is 6.07 Å². The molecule has 0 saturated heterocycles. The summed E-state index contributed by atoms with van der Waals surface area (Å²) >= 11 is 0. The molecule has 118 valence electrons. The first-order valence-electron chi connectivity index (χ1n) is 8.73. The second kappa shape index (κ2) is 4.68. The minimum Gasteiger partial charge on any atom is -0.392 e. The van der Waals surface area contributed by atoms with Gasteiger partial charge in [0.15, 0.2) is 0 Å². The van der Waals surface area contributed by atoms with Gasteiger partial charge in [0.05, 0.1) is 12.7 Å².